The highest BCUT2D eigenvalue weighted by atomic mass is 79.9. The van der Waals surface area contributed by atoms with Crippen LogP contribution in [0, 0.1) is 5.82 Å². The first-order chi connectivity index (χ1) is 10.6. The van der Waals surface area contributed by atoms with E-state index in [2.05, 4.69) is 21.2 Å². The number of nitrogens with one attached hydrogen (secondary N) is 1. The molecule has 5 heteroatoms. The highest BCUT2D eigenvalue weighted by Crippen LogP contribution is 2.28. The topological polar surface area (TPSA) is 38.3 Å². The third-order valence-corrected chi connectivity index (χ3v) is 3.90. The summed E-state index contributed by atoms with van der Waals surface area (Å²) in [6.07, 6.45) is 1.11. The Balaban J connectivity index is 1.85. The van der Waals surface area contributed by atoms with Gasteiger partial charge in [-0.15, -0.1) is 0 Å². The maximum atomic E-state index is 14.0. The van der Waals surface area contributed by atoms with E-state index in [1.807, 2.05) is 18.2 Å². The second kappa shape index (κ2) is 6.48. The summed E-state index contributed by atoms with van der Waals surface area (Å²) in [6.45, 7) is 0. The first-order valence-corrected chi connectivity index (χ1v) is 7.90. The van der Waals surface area contributed by atoms with Gasteiger partial charge in [0.2, 0.25) is 6.10 Å². The first-order valence-electron chi connectivity index (χ1n) is 7.10. The van der Waals surface area contributed by atoms with E-state index in [9.17, 15) is 9.18 Å². The Kier molecular flexibility index (Phi) is 4.43. The lowest BCUT2D eigenvalue weighted by Crippen LogP contribution is -2.34. The lowest BCUT2D eigenvalue weighted by atomic mass is 10.1. The van der Waals surface area contributed by atoms with Gasteiger partial charge >= 0.3 is 0 Å². The molecule has 3 nitrogen and oxygen atoms in total. The molecule has 0 heterocycles. The number of hydrogen-bond acceptors (Lipinski definition) is 2. The van der Waals surface area contributed by atoms with Gasteiger partial charge in [0, 0.05) is 16.1 Å². The van der Waals surface area contributed by atoms with Crippen LogP contribution in [-0.2, 0) is 4.79 Å². The van der Waals surface area contributed by atoms with Crippen molar-refractivity contribution in [1.29, 1.82) is 0 Å². The van der Waals surface area contributed by atoms with Crippen molar-refractivity contribution in [1.82, 2.24) is 5.32 Å². The normalized spacial score (nSPS) is 15.2. The number of hydrogen-bond donors (Lipinski definition) is 1. The SMILES string of the molecule is O=C(NC1CC1)C(Oc1ccc(Br)cc1F)c1ccccc1. The standard InChI is InChI=1S/C17H15BrFNO2/c18-12-6-9-15(14(19)10-12)22-16(11-4-2-1-3-5-11)17(21)20-13-7-8-13/h1-6,9-10,13,16H,7-8H2,(H,20,21). The lowest BCUT2D eigenvalue weighted by molar-refractivity contribution is -0.128. The summed E-state index contributed by atoms with van der Waals surface area (Å²) in [5.41, 5.74) is 0.697. The molecule has 1 fully saturated rings. The molecule has 0 radical (unpaired) electrons. The van der Waals surface area contributed by atoms with E-state index in [1.54, 1.807) is 18.2 Å². The van der Waals surface area contributed by atoms with Crippen molar-refractivity contribution < 1.29 is 13.9 Å². The monoisotopic (exact) mass is 363 g/mol. The van der Waals surface area contributed by atoms with Crippen LogP contribution in [0.3, 0.4) is 0 Å². The molecular weight excluding hydrogens is 349 g/mol. The van der Waals surface area contributed by atoms with E-state index < -0.39 is 11.9 Å². The molecule has 22 heavy (non-hydrogen) atoms. The summed E-state index contributed by atoms with van der Waals surface area (Å²) in [5.74, 6) is -0.687. The van der Waals surface area contributed by atoms with E-state index in [1.165, 1.54) is 12.1 Å². The summed E-state index contributed by atoms with van der Waals surface area (Å²) >= 11 is 3.20. The number of benzene rings is 2. The van der Waals surface area contributed by atoms with E-state index in [0.717, 1.165) is 12.8 Å². The van der Waals surface area contributed by atoms with Gasteiger partial charge in [0.25, 0.3) is 5.91 Å². The second-order valence-electron chi connectivity index (χ2n) is 5.27. The molecule has 0 saturated heterocycles. The molecule has 0 bridgehead atoms. The zero-order valence-electron chi connectivity index (χ0n) is 11.8. The Labute approximate surface area is 136 Å². The molecule has 1 aliphatic carbocycles. The van der Waals surface area contributed by atoms with Gasteiger partial charge in [-0.3, -0.25) is 4.79 Å². The smallest absolute Gasteiger partial charge is 0.266 e. The maximum absolute atomic E-state index is 14.0. The summed E-state index contributed by atoms with van der Waals surface area (Å²) in [4.78, 5) is 12.4. The third-order valence-electron chi connectivity index (χ3n) is 3.40. The molecule has 1 saturated carbocycles. The number of carbonyl (C=O) groups excluding carboxylic acids is 1. The van der Waals surface area contributed by atoms with Gasteiger partial charge in [0.1, 0.15) is 0 Å². The van der Waals surface area contributed by atoms with E-state index in [-0.39, 0.29) is 17.7 Å². The molecule has 0 aliphatic heterocycles. The highest BCUT2D eigenvalue weighted by Gasteiger charge is 2.30. The number of halogens is 2. The van der Waals surface area contributed by atoms with E-state index in [4.69, 9.17) is 4.74 Å². The van der Waals surface area contributed by atoms with Crippen LogP contribution in [0.1, 0.15) is 24.5 Å². The Bertz CT molecular complexity index is 674. The minimum atomic E-state index is -0.863. The van der Waals surface area contributed by atoms with Crippen LogP contribution in [-0.4, -0.2) is 11.9 Å². The summed E-state index contributed by atoms with van der Waals surface area (Å²) in [5, 5.41) is 2.91. The Morgan fingerprint density at radius 1 is 1.23 bits per heavy atom. The molecule has 1 atom stereocenters. The second-order valence-corrected chi connectivity index (χ2v) is 6.18. The van der Waals surface area contributed by atoms with Crippen LogP contribution in [0.15, 0.2) is 53.0 Å². The number of amides is 1. The van der Waals surface area contributed by atoms with Crippen molar-refractivity contribution in [3.63, 3.8) is 0 Å². The van der Waals surface area contributed by atoms with Crippen LogP contribution >= 0.6 is 15.9 Å². The quantitative estimate of drug-likeness (QED) is 0.872. The molecule has 1 aliphatic rings. The fourth-order valence-electron chi connectivity index (χ4n) is 2.10. The van der Waals surface area contributed by atoms with Crippen molar-refractivity contribution in [3.8, 4) is 5.75 Å². The molecule has 114 valence electrons. The first kappa shape index (κ1) is 15.0. The average Bonchev–Trinajstić information content (AvgIpc) is 3.31. The fourth-order valence-corrected chi connectivity index (χ4v) is 2.44. The van der Waals surface area contributed by atoms with Gasteiger partial charge in [0.15, 0.2) is 11.6 Å². The maximum Gasteiger partial charge on any atom is 0.266 e. The molecule has 3 rings (SSSR count). The largest absolute Gasteiger partial charge is 0.473 e. The van der Waals surface area contributed by atoms with Gasteiger partial charge in [-0.05, 0) is 31.0 Å². The molecule has 0 spiro atoms. The zero-order chi connectivity index (χ0) is 15.5. The molecule has 1 unspecified atom stereocenters. The van der Waals surface area contributed by atoms with Crippen LogP contribution in [0.5, 0.6) is 5.75 Å². The van der Waals surface area contributed by atoms with Gasteiger partial charge < -0.3 is 10.1 Å². The summed E-state index contributed by atoms with van der Waals surface area (Å²) in [7, 11) is 0. The Morgan fingerprint density at radius 3 is 2.59 bits per heavy atom. The van der Waals surface area contributed by atoms with Crippen molar-refractivity contribution >= 4 is 21.8 Å². The minimum absolute atomic E-state index is 0.0583. The fraction of sp³-hybridized carbons (Fsp3) is 0.235. The predicted octanol–water partition coefficient (Wildman–Crippen LogP) is 3.99. The molecular formula is C17H15BrFNO2. The number of rotatable bonds is 5. The number of carbonyl (C=O) groups is 1. The van der Waals surface area contributed by atoms with E-state index in [0.29, 0.717) is 10.0 Å². The average molecular weight is 364 g/mol. The third kappa shape index (κ3) is 3.65. The van der Waals surface area contributed by atoms with Crippen molar-refractivity contribution in [2.45, 2.75) is 25.0 Å². The van der Waals surface area contributed by atoms with Crippen LogP contribution in [0.4, 0.5) is 4.39 Å². The zero-order valence-corrected chi connectivity index (χ0v) is 13.3. The van der Waals surface area contributed by atoms with Crippen molar-refractivity contribution in [2.75, 3.05) is 0 Å². The molecule has 2 aromatic rings. The van der Waals surface area contributed by atoms with Crippen LogP contribution in [0.25, 0.3) is 0 Å². The van der Waals surface area contributed by atoms with Gasteiger partial charge in [-0.25, -0.2) is 4.39 Å². The molecule has 0 aromatic heterocycles. The van der Waals surface area contributed by atoms with Gasteiger partial charge in [0.05, 0.1) is 0 Å². The minimum Gasteiger partial charge on any atom is -0.473 e. The Hall–Kier alpha value is -1.88. The van der Waals surface area contributed by atoms with Crippen LogP contribution < -0.4 is 10.1 Å². The molecule has 1 N–H and O–H groups in total. The van der Waals surface area contributed by atoms with Gasteiger partial charge in [-0.2, -0.15) is 0 Å². The molecule has 1 amide bonds. The number of ether oxygens (including phenoxy) is 1. The van der Waals surface area contributed by atoms with Crippen LogP contribution in [0.2, 0.25) is 0 Å². The van der Waals surface area contributed by atoms with Crippen molar-refractivity contribution in [2.24, 2.45) is 0 Å². The molecule has 2 aromatic carbocycles. The van der Waals surface area contributed by atoms with Gasteiger partial charge in [-0.1, -0.05) is 46.3 Å². The summed E-state index contributed by atoms with van der Waals surface area (Å²) in [6, 6.07) is 13.8. The lowest BCUT2D eigenvalue weighted by Gasteiger charge is -2.19. The van der Waals surface area contributed by atoms with E-state index >= 15 is 0 Å². The highest BCUT2D eigenvalue weighted by molar-refractivity contribution is 9.10. The Morgan fingerprint density at radius 2 is 1.95 bits per heavy atom. The van der Waals surface area contributed by atoms with Crippen molar-refractivity contribution in [3.05, 3.63) is 64.4 Å². The summed E-state index contributed by atoms with van der Waals surface area (Å²) < 4.78 is 20.3. The predicted molar refractivity (Wildman–Crippen MR) is 85.1 cm³/mol.